The summed E-state index contributed by atoms with van der Waals surface area (Å²) in [5.41, 5.74) is 2.93. The standard InChI is InChI=1S/C16H15FO2/c1-10-5-6-14(17)13(9-10)15(18)12-4-2-3-11-7-8-19-16(11)12/h2-6,9,15,18H,7-8H2,1H3. The van der Waals surface area contributed by atoms with E-state index in [2.05, 4.69) is 0 Å². The summed E-state index contributed by atoms with van der Waals surface area (Å²) in [6.45, 7) is 2.50. The van der Waals surface area contributed by atoms with E-state index < -0.39 is 11.9 Å². The van der Waals surface area contributed by atoms with Crippen molar-refractivity contribution in [3.05, 3.63) is 64.5 Å². The molecule has 1 unspecified atom stereocenters. The van der Waals surface area contributed by atoms with Crippen LogP contribution in [0, 0.1) is 12.7 Å². The molecule has 2 aromatic carbocycles. The van der Waals surface area contributed by atoms with Gasteiger partial charge in [0.2, 0.25) is 0 Å². The highest BCUT2D eigenvalue weighted by molar-refractivity contribution is 5.48. The molecule has 2 aromatic rings. The lowest BCUT2D eigenvalue weighted by Gasteiger charge is -2.16. The van der Waals surface area contributed by atoms with Crippen LogP contribution in [0.4, 0.5) is 4.39 Å². The Morgan fingerprint density at radius 1 is 1.21 bits per heavy atom. The first-order valence-electron chi connectivity index (χ1n) is 6.35. The molecule has 0 saturated heterocycles. The van der Waals surface area contributed by atoms with Gasteiger partial charge in [0.25, 0.3) is 0 Å². The fourth-order valence-electron chi connectivity index (χ4n) is 2.50. The van der Waals surface area contributed by atoms with E-state index in [9.17, 15) is 9.50 Å². The third-order valence-corrected chi connectivity index (χ3v) is 3.49. The molecule has 0 aliphatic carbocycles. The number of aliphatic hydroxyl groups is 1. The Labute approximate surface area is 111 Å². The molecule has 1 heterocycles. The minimum Gasteiger partial charge on any atom is -0.493 e. The van der Waals surface area contributed by atoms with Crippen molar-refractivity contribution < 1.29 is 14.2 Å². The van der Waals surface area contributed by atoms with E-state index >= 15 is 0 Å². The third kappa shape index (κ3) is 2.10. The molecule has 2 nitrogen and oxygen atoms in total. The molecule has 0 fully saturated rings. The summed E-state index contributed by atoms with van der Waals surface area (Å²) in [5, 5.41) is 10.4. The number of rotatable bonds is 2. The molecule has 1 aliphatic rings. The van der Waals surface area contributed by atoms with Gasteiger partial charge in [-0.2, -0.15) is 0 Å². The Bertz CT molecular complexity index is 622. The summed E-state index contributed by atoms with van der Waals surface area (Å²) < 4.78 is 19.4. The van der Waals surface area contributed by atoms with Crippen LogP contribution in [0.3, 0.4) is 0 Å². The average Bonchev–Trinajstić information content (AvgIpc) is 2.89. The van der Waals surface area contributed by atoms with Crippen molar-refractivity contribution in [2.24, 2.45) is 0 Å². The molecular formula is C16H15FO2. The number of halogens is 1. The summed E-state index contributed by atoms with van der Waals surface area (Å²) in [6, 6.07) is 10.4. The van der Waals surface area contributed by atoms with E-state index in [1.807, 2.05) is 19.1 Å². The molecule has 1 N–H and O–H groups in total. The van der Waals surface area contributed by atoms with Crippen molar-refractivity contribution >= 4 is 0 Å². The number of aryl methyl sites for hydroxylation is 1. The van der Waals surface area contributed by atoms with Crippen molar-refractivity contribution in [2.45, 2.75) is 19.4 Å². The summed E-state index contributed by atoms with van der Waals surface area (Å²) in [4.78, 5) is 0. The number of hydrogen-bond donors (Lipinski definition) is 1. The second-order valence-corrected chi connectivity index (χ2v) is 4.86. The number of para-hydroxylation sites is 1. The predicted octanol–water partition coefficient (Wildman–Crippen LogP) is 3.15. The molecule has 3 heteroatoms. The van der Waals surface area contributed by atoms with Crippen molar-refractivity contribution in [1.29, 1.82) is 0 Å². The minimum atomic E-state index is -0.993. The molecule has 0 spiro atoms. The van der Waals surface area contributed by atoms with Crippen molar-refractivity contribution in [2.75, 3.05) is 6.61 Å². The van der Waals surface area contributed by atoms with Gasteiger partial charge in [-0.05, 0) is 18.6 Å². The first-order chi connectivity index (χ1) is 9.16. The Morgan fingerprint density at radius 2 is 2.05 bits per heavy atom. The maximum Gasteiger partial charge on any atom is 0.129 e. The molecule has 98 valence electrons. The van der Waals surface area contributed by atoms with Gasteiger partial charge in [-0.25, -0.2) is 4.39 Å². The molecule has 1 aliphatic heterocycles. The smallest absolute Gasteiger partial charge is 0.129 e. The van der Waals surface area contributed by atoms with Crippen LogP contribution in [0.25, 0.3) is 0 Å². The molecule has 3 rings (SSSR count). The van der Waals surface area contributed by atoms with Crippen LogP contribution in [-0.2, 0) is 6.42 Å². The molecule has 0 saturated carbocycles. The van der Waals surface area contributed by atoms with Gasteiger partial charge in [0.05, 0.1) is 6.61 Å². The molecule has 1 atom stereocenters. The number of hydrogen-bond acceptors (Lipinski definition) is 2. The van der Waals surface area contributed by atoms with Crippen LogP contribution in [0.2, 0.25) is 0 Å². The highest BCUT2D eigenvalue weighted by atomic mass is 19.1. The summed E-state index contributed by atoms with van der Waals surface area (Å²) in [6.07, 6.45) is -0.153. The van der Waals surface area contributed by atoms with Crippen molar-refractivity contribution in [1.82, 2.24) is 0 Å². The molecule has 0 aromatic heterocycles. The first-order valence-corrected chi connectivity index (χ1v) is 6.35. The molecule has 19 heavy (non-hydrogen) atoms. The average molecular weight is 258 g/mol. The second kappa shape index (κ2) is 4.67. The zero-order valence-corrected chi connectivity index (χ0v) is 10.7. The Balaban J connectivity index is 2.07. The fraction of sp³-hybridized carbons (Fsp3) is 0.250. The highest BCUT2D eigenvalue weighted by Gasteiger charge is 2.23. The number of aliphatic hydroxyl groups excluding tert-OH is 1. The number of benzene rings is 2. The largest absolute Gasteiger partial charge is 0.493 e. The lowest BCUT2D eigenvalue weighted by molar-refractivity contribution is 0.208. The van der Waals surface area contributed by atoms with Crippen LogP contribution in [0.5, 0.6) is 5.75 Å². The van der Waals surface area contributed by atoms with E-state index in [0.29, 0.717) is 23.5 Å². The van der Waals surface area contributed by atoms with Crippen molar-refractivity contribution in [3.8, 4) is 5.75 Å². The van der Waals surface area contributed by atoms with Gasteiger partial charge in [-0.3, -0.25) is 0 Å². The maximum absolute atomic E-state index is 13.9. The van der Waals surface area contributed by atoms with E-state index in [-0.39, 0.29) is 0 Å². The van der Waals surface area contributed by atoms with Gasteiger partial charge in [0, 0.05) is 17.5 Å². The predicted molar refractivity (Wildman–Crippen MR) is 70.8 cm³/mol. The normalized spacial score (nSPS) is 14.9. The Kier molecular flexibility index (Phi) is 2.99. The van der Waals surface area contributed by atoms with E-state index in [4.69, 9.17) is 4.74 Å². The fourth-order valence-corrected chi connectivity index (χ4v) is 2.50. The molecule has 0 amide bonds. The van der Waals surface area contributed by atoms with Crippen LogP contribution < -0.4 is 4.74 Å². The SMILES string of the molecule is Cc1ccc(F)c(C(O)c2cccc3c2OCC3)c1. The first kappa shape index (κ1) is 12.2. The number of fused-ring (bicyclic) bond motifs is 1. The van der Waals surface area contributed by atoms with Gasteiger partial charge in [-0.1, -0.05) is 35.9 Å². The van der Waals surface area contributed by atoms with Gasteiger partial charge >= 0.3 is 0 Å². The van der Waals surface area contributed by atoms with Crippen LogP contribution in [0.1, 0.15) is 28.4 Å². The van der Waals surface area contributed by atoms with Gasteiger partial charge in [0.15, 0.2) is 0 Å². The topological polar surface area (TPSA) is 29.5 Å². The quantitative estimate of drug-likeness (QED) is 0.896. The monoisotopic (exact) mass is 258 g/mol. The third-order valence-electron chi connectivity index (χ3n) is 3.49. The zero-order valence-electron chi connectivity index (χ0n) is 10.7. The van der Waals surface area contributed by atoms with Crippen LogP contribution >= 0.6 is 0 Å². The lowest BCUT2D eigenvalue weighted by atomic mass is 9.97. The molecule has 0 radical (unpaired) electrons. The zero-order chi connectivity index (χ0) is 13.4. The summed E-state index contributed by atoms with van der Waals surface area (Å²) in [5.74, 6) is 0.310. The van der Waals surface area contributed by atoms with Gasteiger partial charge in [0.1, 0.15) is 17.7 Å². The van der Waals surface area contributed by atoms with Crippen LogP contribution in [-0.4, -0.2) is 11.7 Å². The van der Waals surface area contributed by atoms with E-state index in [1.54, 1.807) is 18.2 Å². The van der Waals surface area contributed by atoms with Crippen molar-refractivity contribution in [3.63, 3.8) is 0 Å². The Morgan fingerprint density at radius 3 is 2.89 bits per heavy atom. The van der Waals surface area contributed by atoms with Gasteiger partial charge < -0.3 is 9.84 Å². The van der Waals surface area contributed by atoms with Crippen LogP contribution in [0.15, 0.2) is 36.4 Å². The molecule has 0 bridgehead atoms. The minimum absolute atomic E-state index is 0.295. The number of ether oxygens (including phenoxy) is 1. The van der Waals surface area contributed by atoms with E-state index in [1.165, 1.54) is 6.07 Å². The lowest BCUT2D eigenvalue weighted by Crippen LogP contribution is -2.05. The molecular weight excluding hydrogens is 243 g/mol. The summed E-state index contributed by atoms with van der Waals surface area (Å²) >= 11 is 0. The maximum atomic E-state index is 13.9. The highest BCUT2D eigenvalue weighted by Crippen LogP contribution is 2.36. The summed E-state index contributed by atoms with van der Waals surface area (Å²) in [7, 11) is 0. The Hall–Kier alpha value is -1.87. The second-order valence-electron chi connectivity index (χ2n) is 4.86. The van der Waals surface area contributed by atoms with Gasteiger partial charge in [-0.15, -0.1) is 0 Å². The van der Waals surface area contributed by atoms with E-state index in [0.717, 1.165) is 17.5 Å².